The summed E-state index contributed by atoms with van der Waals surface area (Å²) in [5.74, 6) is -0.659. The summed E-state index contributed by atoms with van der Waals surface area (Å²) in [5, 5.41) is 8.59. The number of ether oxygens (including phenoxy) is 2. The fraction of sp³-hybridized carbons (Fsp3) is 0.833. The van der Waals surface area contributed by atoms with Crippen LogP contribution in [0, 0.1) is 0 Å². The number of aliphatic hydroxyl groups excluding tert-OH is 1. The molecule has 0 aliphatic carbocycles. The van der Waals surface area contributed by atoms with Crippen molar-refractivity contribution in [3.05, 3.63) is 0 Å². The SMILES string of the molecule is CCOCOC(=O)C(C)O. The molecule has 0 aliphatic rings. The first-order chi connectivity index (χ1) is 4.68. The molecule has 1 unspecified atom stereocenters. The highest BCUT2D eigenvalue weighted by molar-refractivity contribution is 5.73. The van der Waals surface area contributed by atoms with Gasteiger partial charge in [0.15, 0.2) is 6.79 Å². The second-order valence-corrected chi connectivity index (χ2v) is 1.75. The number of hydrogen-bond donors (Lipinski definition) is 1. The maximum Gasteiger partial charge on any atom is 0.336 e. The largest absolute Gasteiger partial charge is 0.437 e. The summed E-state index contributed by atoms with van der Waals surface area (Å²) in [6, 6.07) is 0. The Morgan fingerprint density at radius 1 is 1.70 bits per heavy atom. The second-order valence-electron chi connectivity index (χ2n) is 1.75. The Morgan fingerprint density at radius 3 is 2.70 bits per heavy atom. The normalized spacial score (nSPS) is 12.7. The molecule has 0 fully saturated rings. The van der Waals surface area contributed by atoms with Crippen LogP contribution >= 0.6 is 0 Å². The first-order valence-corrected chi connectivity index (χ1v) is 3.11. The van der Waals surface area contributed by atoms with Crippen molar-refractivity contribution in [2.45, 2.75) is 20.0 Å². The minimum absolute atomic E-state index is 0.0831. The fourth-order valence-corrected chi connectivity index (χ4v) is 0.304. The van der Waals surface area contributed by atoms with Crippen molar-refractivity contribution in [2.75, 3.05) is 13.4 Å². The van der Waals surface area contributed by atoms with Gasteiger partial charge in [-0.1, -0.05) is 0 Å². The van der Waals surface area contributed by atoms with Gasteiger partial charge in [-0.3, -0.25) is 0 Å². The zero-order valence-corrected chi connectivity index (χ0v) is 6.16. The van der Waals surface area contributed by atoms with Gasteiger partial charge >= 0.3 is 5.97 Å². The topological polar surface area (TPSA) is 55.8 Å². The Labute approximate surface area is 59.7 Å². The lowest BCUT2D eigenvalue weighted by atomic mass is 10.4. The van der Waals surface area contributed by atoms with Crippen LogP contribution in [0.3, 0.4) is 0 Å². The molecule has 0 aromatic heterocycles. The highest BCUT2D eigenvalue weighted by Gasteiger charge is 2.08. The fourth-order valence-electron chi connectivity index (χ4n) is 0.304. The summed E-state index contributed by atoms with van der Waals surface area (Å²) in [7, 11) is 0. The van der Waals surface area contributed by atoms with Gasteiger partial charge < -0.3 is 14.6 Å². The number of carbonyl (C=O) groups is 1. The molecule has 0 aliphatic heterocycles. The van der Waals surface area contributed by atoms with E-state index in [-0.39, 0.29) is 6.79 Å². The standard InChI is InChI=1S/C6H12O4/c1-3-9-4-10-6(8)5(2)7/h5,7H,3-4H2,1-2H3. The van der Waals surface area contributed by atoms with Crippen LogP contribution in [0.1, 0.15) is 13.8 Å². The molecule has 0 saturated heterocycles. The predicted octanol–water partition coefficient (Wildman–Crippen LogP) is -0.0956. The summed E-state index contributed by atoms with van der Waals surface area (Å²) in [6.07, 6.45) is -1.07. The number of rotatable bonds is 4. The molecule has 0 bridgehead atoms. The Kier molecular flexibility index (Phi) is 4.88. The van der Waals surface area contributed by atoms with Gasteiger partial charge in [-0.15, -0.1) is 0 Å². The van der Waals surface area contributed by atoms with Gasteiger partial charge in [0.25, 0.3) is 0 Å². The van der Waals surface area contributed by atoms with Crippen molar-refractivity contribution < 1.29 is 19.4 Å². The lowest BCUT2D eigenvalue weighted by Gasteiger charge is -2.04. The summed E-state index contributed by atoms with van der Waals surface area (Å²) in [5.41, 5.74) is 0. The van der Waals surface area contributed by atoms with Gasteiger partial charge in [-0.2, -0.15) is 0 Å². The molecule has 0 rings (SSSR count). The molecular weight excluding hydrogens is 136 g/mol. The number of carbonyl (C=O) groups excluding carboxylic acids is 1. The molecule has 4 nitrogen and oxygen atoms in total. The number of hydrogen-bond acceptors (Lipinski definition) is 4. The van der Waals surface area contributed by atoms with Gasteiger partial charge in [0, 0.05) is 6.61 Å². The Morgan fingerprint density at radius 2 is 2.30 bits per heavy atom. The van der Waals surface area contributed by atoms with E-state index >= 15 is 0 Å². The van der Waals surface area contributed by atoms with E-state index in [9.17, 15) is 4.79 Å². The minimum Gasteiger partial charge on any atom is -0.437 e. The molecule has 60 valence electrons. The maximum absolute atomic E-state index is 10.5. The van der Waals surface area contributed by atoms with E-state index < -0.39 is 12.1 Å². The summed E-state index contributed by atoms with van der Waals surface area (Å²) in [6.45, 7) is 3.54. The molecule has 1 atom stereocenters. The van der Waals surface area contributed by atoms with Crippen molar-refractivity contribution >= 4 is 5.97 Å². The van der Waals surface area contributed by atoms with Crippen LogP contribution in [0.4, 0.5) is 0 Å². The van der Waals surface area contributed by atoms with Crippen molar-refractivity contribution in [1.82, 2.24) is 0 Å². The van der Waals surface area contributed by atoms with Crippen LogP contribution in [-0.2, 0) is 14.3 Å². The van der Waals surface area contributed by atoms with E-state index in [4.69, 9.17) is 9.84 Å². The van der Waals surface area contributed by atoms with Crippen LogP contribution < -0.4 is 0 Å². The molecule has 0 radical (unpaired) electrons. The predicted molar refractivity (Wildman–Crippen MR) is 34.3 cm³/mol. The van der Waals surface area contributed by atoms with Crippen molar-refractivity contribution in [1.29, 1.82) is 0 Å². The Balaban J connectivity index is 3.22. The van der Waals surface area contributed by atoms with Crippen LogP contribution in [0.25, 0.3) is 0 Å². The van der Waals surface area contributed by atoms with Gasteiger partial charge in [0.05, 0.1) is 0 Å². The van der Waals surface area contributed by atoms with Gasteiger partial charge in [0.2, 0.25) is 0 Å². The van der Waals surface area contributed by atoms with Gasteiger partial charge in [-0.25, -0.2) is 4.79 Å². The number of esters is 1. The summed E-state index contributed by atoms with van der Waals surface area (Å²) < 4.78 is 9.13. The molecule has 0 amide bonds. The molecule has 0 saturated carbocycles. The number of aliphatic hydroxyl groups is 1. The van der Waals surface area contributed by atoms with E-state index in [2.05, 4.69) is 4.74 Å². The molecular formula is C6H12O4. The Bertz CT molecular complexity index is 99.9. The van der Waals surface area contributed by atoms with Gasteiger partial charge in [0.1, 0.15) is 6.10 Å². The van der Waals surface area contributed by atoms with E-state index in [1.807, 2.05) is 0 Å². The molecule has 0 aromatic carbocycles. The van der Waals surface area contributed by atoms with E-state index in [0.717, 1.165) is 0 Å². The third kappa shape index (κ3) is 4.29. The van der Waals surface area contributed by atoms with Crippen molar-refractivity contribution in [3.8, 4) is 0 Å². The van der Waals surface area contributed by atoms with E-state index in [0.29, 0.717) is 6.61 Å². The molecule has 0 heterocycles. The zero-order chi connectivity index (χ0) is 7.98. The molecule has 0 aromatic rings. The highest BCUT2D eigenvalue weighted by atomic mass is 16.7. The first-order valence-electron chi connectivity index (χ1n) is 3.11. The average Bonchev–Trinajstić information content (AvgIpc) is 1.88. The monoisotopic (exact) mass is 148 g/mol. The maximum atomic E-state index is 10.5. The summed E-state index contributed by atoms with van der Waals surface area (Å²) >= 11 is 0. The smallest absolute Gasteiger partial charge is 0.336 e. The Hall–Kier alpha value is -0.610. The zero-order valence-electron chi connectivity index (χ0n) is 6.16. The van der Waals surface area contributed by atoms with Crippen molar-refractivity contribution in [2.24, 2.45) is 0 Å². The van der Waals surface area contributed by atoms with Crippen LogP contribution in [0.5, 0.6) is 0 Å². The quantitative estimate of drug-likeness (QED) is 0.344. The molecule has 10 heavy (non-hydrogen) atoms. The summed E-state index contributed by atoms with van der Waals surface area (Å²) in [4.78, 5) is 10.5. The average molecular weight is 148 g/mol. The van der Waals surface area contributed by atoms with E-state index in [1.165, 1.54) is 6.92 Å². The third-order valence-electron chi connectivity index (χ3n) is 0.830. The first kappa shape index (κ1) is 9.39. The second kappa shape index (κ2) is 5.20. The van der Waals surface area contributed by atoms with E-state index in [1.54, 1.807) is 6.92 Å². The van der Waals surface area contributed by atoms with Crippen LogP contribution in [0.15, 0.2) is 0 Å². The van der Waals surface area contributed by atoms with Gasteiger partial charge in [-0.05, 0) is 13.8 Å². The lowest BCUT2D eigenvalue weighted by Crippen LogP contribution is -2.20. The molecule has 4 heteroatoms. The van der Waals surface area contributed by atoms with Crippen molar-refractivity contribution in [3.63, 3.8) is 0 Å². The minimum atomic E-state index is -1.07. The lowest BCUT2D eigenvalue weighted by molar-refractivity contribution is -0.164. The highest BCUT2D eigenvalue weighted by Crippen LogP contribution is 1.86. The third-order valence-corrected chi connectivity index (χ3v) is 0.830. The molecule has 0 spiro atoms. The van der Waals surface area contributed by atoms with Crippen LogP contribution in [-0.4, -0.2) is 30.6 Å². The van der Waals surface area contributed by atoms with Crippen LogP contribution in [0.2, 0.25) is 0 Å². The molecule has 1 N–H and O–H groups in total.